The lowest BCUT2D eigenvalue weighted by atomic mass is 9.78. The summed E-state index contributed by atoms with van der Waals surface area (Å²) in [7, 11) is 0. The van der Waals surface area contributed by atoms with Gasteiger partial charge in [-0.1, -0.05) is 33.1 Å². The average Bonchev–Trinajstić information content (AvgIpc) is 2.91. The normalized spacial score (nSPS) is 27.3. The Morgan fingerprint density at radius 2 is 1.89 bits per heavy atom. The Labute approximate surface area is 118 Å². The van der Waals surface area contributed by atoms with Gasteiger partial charge in [-0.25, -0.2) is 0 Å². The van der Waals surface area contributed by atoms with E-state index >= 15 is 0 Å². The molecule has 0 aromatic carbocycles. The molecule has 1 saturated carbocycles. The minimum Gasteiger partial charge on any atom is -0.379 e. The van der Waals surface area contributed by atoms with E-state index in [1.807, 2.05) is 0 Å². The molecule has 2 atom stereocenters. The third kappa shape index (κ3) is 3.13. The first kappa shape index (κ1) is 15.2. The van der Waals surface area contributed by atoms with Gasteiger partial charge in [0.15, 0.2) is 0 Å². The lowest BCUT2D eigenvalue weighted by Crippen LogP contribution is -2.65. The van der Waals surface area contributed by atoms with E-state index in [2.05, 4.69) is 24.2 Å². The minimum atomic E-state index is 0.271. The summed E-state index contributed by atoms with van der Waals surface area (Å²) in [6.45, 7) is 8.51. The van der Waals surface area contributed by atoms with Crippen molar-refractivity contribution in [3.8, 4) is 0 Å². The summed E-state index contributed by atoms with van der Waals surface area (Å²) in [5, 5.41) is 0. The Kier molecular flexibility index (Phi) is 5.63. The molecule has 19 heavy (non-hydrogen) atoms. The summed E-state index contributed by atoms with van der Waals surface area (Å²) >= 11 is 0. The molecule has 4 nitrogen and oxygen atoms in total. The van der Waals surface area contributed by atoms with Crippen LogP contribution < -0.4 is 11.3 Å². The number of nitrogens with one attached hydrogen (secondary N) is 1. The zero-order valence-corrected chi connectivity index (χ0v) is 12.7. The highest BCUT2D eigenvalue weighted by Crippen LogP contribution is 2.41. The lowest BCUT2D eigenvalue weighted by Gasteiger charge is -2.50. The number of ether oxygens (including phenoxy) is 1. The first-order valence-electron chi connectivity index (χ1n) is 8.03. The monoisotopic (exact) mass is 269 g/mol. The molecule has 1 heterocycles. The van der Waals surface area contributed by atoms with Crippen LogP contribution in [0.2, 0.25) is 0 Å². The molecule has 0 bridgehead atoms. The van der Waals surface area contributed by atoms with Gasteiger partial charge in [-0.2, -0.15) is 0 Å². The maximum atomic E-state index is 5.97. The molecule has 0 radical (unpaired) electrons. The Morgan fingerprint density at radius 3 is 2.42 bits per heavy atom. The number of nitrogens with two attached hydrogens (primary N) is 1. The third-order valence-electron chi connectivity index (χ3n) is 5.18. The molecule has 2 fully saturated rings. The molecule has 2 aliphatic rings. The molecule has 2 rings (SSSR count). The van der Waals surface area contributed by atoms with Gasteiger partial charge in [0.05, 0.1) is 13.2 Å². The third-order valence-corrected chi connectivity index (χ3v) is 5.18. The summed E-state index contributed by atoms with van der Waals surface area (Å²) in [5.74, 6) is 6.60. The largest absolute Gasteiger partial charge is 0.379 e. The van der Waals surface area contributed by atoms with Gasteiger partial charge >= 0.3 is 0 Å². The van der Waals surface area contributed by atoms with Gasteiger partial charge in [-0.15, -0.1) is 0 Å². The van der Waals surface area contributed by atoms with Crippen LogP contribution in [0.25, 0.3) is 0 Å². The van der Waals surface area contributed by atoms with Crippen LogP contribution >= 0.6 is 0 Å². The maximum Gasteiger partial charge on any atom is 0.0594 e. The van der Waals surface area contributed by atoms with Crippen molar-refractivity contribution in [2.45, 2.75) is 64.0 Å². The highest BCUT2D eigenvalue weighted by Gasteiger charge is 2.47. The van der Waals surface area contributed by atoms with Crippen LogP contribution in [0, 0.1) is 5.92 Å². The topological polar surface area (TPSA) is 50.5 Å². The molecule has 2 unspecified atom stereocenters. The fraction of sp³-hybridized carbons (Fsp3) is 1.00. The fourth-order valence-corrected chi connectivity index (χ4v) is 4.29. The molecule has 1 saturated heterocycles. The smallest absolute Gasteiger partial charge is 0.0594 e. The zero-order valence-electron chi connectivity index (χ0n) is 12.7. The summed E-state index contributed by atoms with van der Waals surface area (Å²) in [5.41, 5.74) is 3.46. The number of hydrogen-bond acceptors (Lipinski definition) is 4. The Hall–Kier alpha value is -0.160. The predicted octanol–water partition coefficient (Wildman–Crippen LogP) is 1.90. The van der Waals surface area contributed by atoms with Crippen molar-refractivity contribution in [3.05, 3.63) is 0 Å². The van der Waals surface area contributed by atoms with Crippen molar-refractivity contribution in [1.82, 2.24) is 10.3 Å². The Balaban J connectivity index is 2.15. The van der Waals surface area contributed by atoms with E-state index < -0.39 is 0 Å². The van der Waals surface area contributed by atoms with E-state index in [0.29, 0.717) is 12.0 Å². The lowest BCUT2D eigenvalue weighted by molar-refractivity contribution is -0.0442. The first-order valence-corrected chi connectivity index (χ1v) is 8.03. The van der Waals surface area contributed by atoms with Crippen LogP contribution in [-0.2, 0) is 4.74 Å². The van der Waals surface area contributed by atoms with Crippen molar-refractivity contribution in [2.24, 2.45) is 11.8 Å². The van der Waals surface area contributed by atoms with Gasteiger partial charge in [0.2, 0.25) is 0 Å². The molecule has 1 aliphatic heterocycles. The molecule has 112 valence electrons. The van der Waals surface area contributed by atoms with E-state index in [4.69, 9.17) is 10.6 Å². The SMILES string of the molecule is CCCC(C)C(NN)C1(N2CCOCC2)CCCC1. The number of nitrogens with zero attached hydrogens (tertiary/aromatic N) is 1. The van der Waals surface area contributed by atoms with Crippen molar-refractivity contribution in [3.63, 3.8) is 0 Å². The van der Waals surface area contributed by atoms with Gasteiger partial charge in [0, 0.05) is 24.7 Å². The van der Waals surface area contributed by atoms with E-state index in [1.165, 1.54) is 38.5 Å². The second kappa shape index (κ2) is 7.02. The molecule has 0 aromatic rings. The van der Waals surface area contributed by atoms with Crippen molar-refractivity contribution < 1.29 is 4.74 Å². The average molecular weight is 269 g/mol. The van der Waals surface area contributed by atoms with Gasteiger partial charge in [-0.3, -0.25) is 16.2 Å². The van der Waals surface area contributed by atoms with Crippen molar-refractivity contribution >= 4 is 0 Å². The second-order valence-electron chi connectivity index (χ2n) is 6.32. The molecule has 0 amide bonds. The Bertz CT molecular complexity index is 260. The van der Waals surface area contributed by atoms with Gasteiger partial charge in [-0.05, 0) is 25.2 Å². The van der Waals surface area contributed by atoms with Gasteiger partial charge in [0.25, 0.3) is 0 Å². The fourth-order valence-electron chi connectivity index (χ4n) is 4.29. The molecule has 0 aromatic heterocycles. The molecular formula is C15H31N3O. The number of morpholine rings is 1. The summed E-state index contributed by atoms with van der Waals surface area (Å²) in [6, 6.07) is 0.410. The van der Waals surface area contributed by atoms with Crippen LogP contribution in [0.3, 0.4) is 0 Å². The summed E-state index contributed by atoms with van der Waals surface area (Å²) < 4.78 is 5.53. The van der Waals surface area contributed by atoms with E-state index in [-0.39, 0.29) is 5.54 Å². The quantitative estimate of drug-likeness (QED) is 0.571. The van der Waals surface area contributed by atoms with Crippen molar-refractivity contribution in [1.29, 1.82) is 0 Å². The zero-order chi connectivity index (χ0) is 13.7. The van der Waals surface area contributed by atoms with Crippen molar-refractivity contribution in [2.75, 3.05) is 26.3 Å². The van der Waals surface area contributed by atoms with E-state index in [9.17, 15) is 0 Å². The number of rotatable bonds is 6. The van der Waals surface area contributed by atoms with E-state index in [1.54, 1.807) is 0 Å². The van der Waals surface area contributed by atoms with Crippen LogP contribution in [0.15, 0.2) is 0 Å². The predicted molar refractivity (Wildman–Crippen MR) is 78.8 cm³/mol. The number of hydrazine groups is 1. The minimum absolute atomic E-state index is 0.271. The first-order chi connectivity index (χ1) is 9.24. The molecule has 1 aliphatic carbocycles. The molecule has 3 N–H and O–H groups in total. The van der Waals surface area contributed by atoms with Crippen LogP contribution in [-0.4, -0.2) is 42.8 Å². The highest BCUT2D eigenvalue weighted by atomic mass is 16.5. The number of hydrogen-bond donors (Lipinski definition) is 2. The van der Waals surface area contributed by atoms with Crippen LogP contribution in [0.5, 0.6) is 0 Å². The van der Waals surface area contributed by atoms with Crippen LogP contribution in [0.1, 0.15) is 52.4 Å². The standard InChI is InChI=1S/C15H31N3O/c1-3-6-13(2)14(17-16)15(7-4-5-8-15)18-9-11-19-12-10-18/h13-14,17H,3-12,16H2,1-2H3. The molecule has 4 heteroatoms. The van der Waals surface area contributed by atoms with E-state index in [0.717, 1.165) is 26.3 Å². The van der Waals surface area contributed by atoms with Gasteiger partial charge in [0.1, 0.15) is 0 Å². The second-order valence-corrected chi connectivity index (χ2v) is 6.32. The Morgan fingerprint density at radius 1 is 1.26 bits per heavy atom. The molecular weight excluding hydrogens is 238 g/mol. The maximum absolute atomic E-state index is 5.97. The van der Waals surface area contributed by atoms with Gasteiger partial charge < -0.3 is 4.74 Å². The summed E-state index contributed by atoms with van der Waals surface area (Å²) in [4.78, 5) is 2.67. The van der Waals surface area contributed by atoms with Crippen LogP contribution in [0.4, 0.5) is 0 Å². The molecule has 0 spiro atoms. The highest BCUT2D eigenvalue weighted by molar-refractivity contribution is 5.05. The summed E-state index contributed by atoms with van der Waals surface area (Å²) in [6.07, 6.45) is 7.74.